The molecule has 0 spiro atoms. The number of nitrogens with one attached hydrogen (secondary N) is 2. The fraction of sp³-hybridized carbons (Fsp3) is 0.833. The van der Waals surface area contributed by atoms with Crippen LogP contribution in [0, 0.1) is 5.92 Å². The third kappa shape index (κ3) is 7.89. The molecule has 0 saturated heterocycles. The highest BCUT2D eigenvalue weighted by atomic mass is 16.4. The Morgan fingerprint density at radius 2 is 1.89 bits per heavy atom. The third-order valence-electron chi connectivity index (χ3n) is 2.82. The number of aliphatic hydroxyl groups is 1. The normalized spacial score (nSPS) is 15.6. The first-order valence-electron chi connectivity index (χ1n) is 6.32. The van der Waals surface area contributed by atoms with E-state index in [1.54, 1.807) is 0 Å². The average Bonchev–Trinajstić information content (AvgIpc) is 2.27. The molecule has 106 valence electrons. The molecule has 0 aromatic carbocycles. The summed E-state index contributed by atoms with van der Waals surface area (Å²) in [7, 11) is 0. The van der Waals surface area contributed by atoms with Crippen molar-refractivity contribution in [2.75, 3.05) is 6.54 Å². The highest BCUT2D eigenvalue weighted by molar-refractivity contribution is 5.74. The molecule has 0 aromatic heterocycles. The van der Waals surface area contributed by atoms with Crippen molar-refractivity contribution < 1.29 is 19.8 Å². The third-order valence-corrected chi connectivity index (χ3v) is 2.82. The zero-order valence-corrected chi connectivity index (χ0v) is 11.3. The van der Waals surface area contributed by atoms with Crippen molar-refractivity contribution in [2.45, 2.75) is 52.2 Å². The predicted octanol–water partition coefficient (Wildman–Crippen LogP) is 0.946. The van der Waals surface area contributed by atoms with E-state index in [-0.39, 0.29) is 25.0 Å². The minimum Gasteiger partial charge on any atom is -0.479 e. The maximum absolute atomic E-state index is 11.4. The molecule has 0 aliphatic rings. The number of carbonyl (C=O) groups is 2. The number of amides is 2. The SMILES string of the molecule is CCC(C)CC(C)NC(=O)NCCC(O)C(=O)O. The Balaban J connectivity index is 3.74. The van der Waals surface area contributed by atoms with Crippen LogP contribution in [-0.4, -0.2) is 40.9 Å². The predicted molar refractivity (Wildman–Crippen MR) is 68.3 cm³/mol. The number of hydrogen-bond donors (Lipinski definition) is 4. The lowest BCUT2D eigenvalue weighted by Crippen LogP contribution is -2.42. The molecule has 0 fully saturated rings. The number of carboxylic acid groups (broad SMARTS) is 1. The Labute approximate surface area is 108 Å². The molecule has 4 N–H and O–H groups in total. The quantitative estimate of drug-likeness (QED) is 0.522. The van der Waals surface area contributed by atoms with Crippen LogP contribution in [0.4, 0.5) is 4.79 Å². The van der Waals surface area contributed by atoms with Gasteiger partial charge in [0.15, 0.2) is 6.10 Å². The van der Waals surface area contributed by atoms with Gasteiger partial charge in [-0.1, -0.05) is 20.3 Å². The molecule has 6 nitrogen and oxygen atoms in total. The zero-order valence-electron chi connectivity index (χ0n) is 11.3. The number of aliphatic hydroxyl groups excluding tert-OH is 1. The Hall–Kier alpha value is -1.30. The summed E-state index contributed by atoms with van der Waals surface area (Å²) in [6.45, 7) is 6.29. The molecule has 0 radical (unpaired) electrons. The first kappa shape index (κ1) is 16.7. The van der Waals surface area contributed by atoms with Gasteiger partial charge in [0.05, 0.1) is 0 Å². The van der Waals surface area contributed by atoms with Gasteiger partial charge in [0.25, 0.3) is 0 Å². The Kier molecular flexibility index (Phi) is 8.11. The first-order valence-corrected chi connectivity index (χ1v) is 6.32. The fourth-order valence-corrected chi connectivity index (χ4v) is 1.55. The molecule has 2 amide bonds. The standard InChI is InChI=1S/C12H24N2O4/c1-4-8(2)7-9(3)14-12(18)13-6-5-10(15)11(16)17/h8-10,15H,4-7H2,1-3H3,(H,16,17)(H2,13,14,18). The minimum absolute atomic E-state index is 0.00248. The average molecular weight is 260 g/mol. The van der Waals surface area contributed by atoms with Gasteiger partial charge in [-0.25, -0.2) is 9.59 Å². The number of carbonyl (C=O) groups excluding carboxylic acids is 1. The van der Waals surface area contributed by atoms with Gasteiger partial charge in [-0.05, 0) is 19.3 Å². The molecule has 18 heavy (non-hydrogen) atoms. The molecule has 3 unspecified atom stereocenters. The summed E-state index contributed by atoms with van der Waals surface area (Å²) in [5, 5.41) is 22.7. The molecule has 0 aromatic rings. The fourth-order valence-electron chi connectivity index (χ4n) is 1.55. The zero-order chi connectivity index (χ0) is 14.1. The van der Waals surface area contributed by atoms with E-state index in [0.29, 0.717) is 5.92 Å². The van der Waals surface area contributed by atoms with Crippen molar-refractivity contribution in [3.63, 3.8) is 0 Å². The summed E-state index contributed by atoms with van der Waals surface area (Å²) in [4.78, 5) is 21.8. The van der Waals surface area contributed by atoms with Crippen LogP contribution in [0.3, 0.4) is 0 Å². The van der Waals surface area contributed by atoms with Gasteiger partial charge in [0.1, 0.15) is 0 Å². The molecule has 3 atom stereocenters. The van der Waals surface area contributed by atoms with E-state index < -0.39 is 12.1 Å². The van der Waals surface area contributed by atoms with Crippen molar-refractivity contribution in [3.05, 3.63) is 0 Å². The van der Waals surface area contributed by atoms with E-state index in [2.05, 4.69) is 24.5 Å². The Morgan fingerprint density at radius 1 is 1.28 bits per heavy atom. The Bertz CT molecular complexity index is 271. The lowest BCUT2D eigenvalue weighted by atomic mass is 10.0. The van der Waals surface area contributed by atoms with Crippen LogP contribution in [0.15, 0.2) is 0 Å². The molecule has 0 aliphatic heterocycles. The summed E-state index contributed by atoms with van der Waals surface area (Å²) in [5.74, 6) is -0.725. The van der Waals surface area contributed by atoms with Crippen LogP contribution in [-0.2, 0) is 4.79 Å². The summed E-state index contributed by atoms with van der Waals surface area (Å²) in [6.07, 6.45) is 0.547. The number of hydrogen-bond acceptors (Lipinski definition) is 3. The number of aliphatic carboxylic acids is 1. The summed E-state index contributed by atoms with van der Waals surface area (Å²) < 4.78 is 0. The molecular formula is C12H24N2O4. The molecule has 6 heteroatoms. The minimum atomic E-state index is -1.43. The molecule has 0 bridgehead atoms. The summed E-state index contributed by atoms with van der Waals surface area (Å²) in [6, 6.07) is -0.257. The second-order valence-electron chi connectivity index (χ2n) is 4.69. The maximum Gasteiger partial charge on any atom is 0.332 e. The second-order valence-corrected chi connectivity index (χ2v) is 4.69. The largest absolute Gasteiger partial charge is 0.479 e. The molecule has 0 saturated carbocycles. The molecule has 0 rings (SSSR count). The van der Waals surface area contributed by atoms with Crippen LogP contribution >= 0.6 is 0 Å². The number of carboxylic acids is 1. The number of rotatable bonds is 8. The van der Waals surface area contributed by atoms with E-state index >= 15 is 0 Å². The van der Waals surface area contributed by atoms with Crippen LogP contribution < -0.4 is 10.6 Å². The van der Waals surface area contributed by atoms with E-state index in [4.69, 9.17) is 10.2 Å². The van der Waals surface area contributed by atoms with Gasteiger partial charge in [-0.2, -0.15) is 0 Å². The first-order chi connectivity index (χ1) is 8.36. The Morgan fingerprint density at radius 3 is 2.39 bits per heavy atom. The van der Waals surface area contributed by atoms with Gasteiger partial charge in [-0.3, -0.25) is 0 Å². The lowest BCUT2D eigenvalue weighted by molar-refractivity contribution is -0.146. The number of urea groups is 1. The van der Waals surface area contributed by atoms with Gasteiger partial charge >= 0.3 is 12.0 Å². The molecular weight excluding hydrogens is 236 g/mol. The highest BCUT2D eigenvalue weighted by Crippen LogP contribution is 2.08. The van der Waals surface area contributed by atoms with E-state index in [1.165, 1.54) is 0 Å². The van der Waals surface area contributed by atoms with Crippen LogP contribution in [0.2, 0.25) is 0 Å². The van der Waals surface area contributed by atoms with Crippen molar-refractivity contribution in [3.8, 4) is 0 Å². The van der Waals surface area contributed by atoms with Gasteiger partial charge < -0.3 is 20.8 Å². The van der Waals surface area contributed by atoms with Crippen LogP contribution in [0.25, 0.3) is 0 Å². The van der Waals surface area contributed by atoms with E-state index in [9.17, 15) is 9.59 Å². The highest BCUT2D eigenvalue weighted by Gasteiger charge is 2.14. The lowest BCUT2D eigenvalue weighted by Gasteiger charge is -2.18. The molecule has 0 aliphatic carbocycles. The van der Waals surface area contributed by atoms with Gasteiger partial charge in [-0.15, -0.1) is 0 Å². The summed E-state index contributed by atoms with van der Waals surface area (Å²) in [5.41, 5.74) is 0. The second kappa shape index (κ2) is 8.74. The van der Waals surface area contributed by atoms with Crippen LogP contribution in [0.1, 0.15) is 40.0 Å². The van der Waals surface area contributed by atoms with Crippen molar-refractivity contribution in [1.82, 2.24) is 10.6 Å². The topological polar surface area (TPSA) is 98.7 Å². The maximum atomic E-state index is 11.4. The van der Waals surface area contributed by atoms with Crippen molar-refractivity contribution in [2.24, 2.45) is 5.92 Å². The molecule has 0 heterocycles. The van der Waals surface area contributed by atoms with Crippen molar-refractivity contribution in [1.29, 1.82) is 0 Å². The summed E-state index contributed by atoms with van der Waals surface area (Å²) >= 11 is 0. The van der Waals surface area contributed by atoms with Crippen LogP contribution in [0.5, 0.6) is 0 Å². The van der Waals surface area contributed by atoms with Gasteiger partial charge in [0.2, 0.25) is 0 Å². The monoisotopic (exact) mass is 260 g/mol. The van der Waals surface area contributed by atoms with Gasteiger partial charge in [0, 0.05) is 19.0 Å². The van der Waals surface area contributed by atoms with E-state index in [1.807, 2.05) is 6.92 Å². The van der Waals surface area contributed by atoms with Crippen molar-refractivity contribution >= 4 is 12.0 Å². The smallest absolute Gasteiger partial charge is 0.332 e. The van der Waals surface area contributed by atoms with E-state index in [0.717, 1.165) is 12.8 Å².